The minimum absolute atomic E-state index is 0.209. The first-order valence-electron chi connectivity index (χ1n) is 8.84. The van der Waals surface area contributed by atoms with Crippen LogP contribution in [-0.2, 0) is 0 Å². The molecule has 0 fully saturated rings. The van der Waals surface area contributed by atoms with Crippen LogP contribution in [0.1, 0.15) is 0 Å². The van der Waals surface area contributed by atoms with Gasteiger partial charge in [-0.1, -0.05) is 12.1 Å². The van der Waals surface area contributed by atoms with Gasteiger partial charge in [0.1, 0.15) is 5.82 Å². The van der Waals surface area contributed by atoms with E-state index in [1.54, 1.807) is 12.4 Å². The highest BCUT2D eigenvalue weighted by Crippen LogP contribution is 2.30. The lowest BCUT2D eigenvalue weighted by molar-refractivity contribution is 1.20. The van der Waals surface area contributed by atoms with Gasteiger partial charge in [0.05, 0.1) is 16.6 Å². The average molecular weight is 368 g/mol. The molecule has 5 aromatic rings. The Hall–Kier alpha value is -4.00. The van der Waals surface area contributed by atoms with Gasteiger partial charge in [0.2, 0.25) is 0 Å². The van der Waals surface area contributed by atoms with E-state index in [9.17, 15) is 4.79 Å². The van der Waals surface area contributed by atoms with Crippen molar-refractivity contribution in [3.63, 3.8) is 0 Å². The fourth-order valence-electron chi connectivity index (χ4n) is 3.33. The molecule has 0 saturated heterocycles. The second kappa shape index (κ2) is 6.31. The van der Waals surface area contributed by atoms with Gasteiger partial charge >= 0.3 is 5.69 Å². The van der Waals surface area contributed by atoms with Gasteiger partial charge in [0.25, 0.3) is 0 Å². The van der Waals surface area contributed by atoms with E-state index in [1.807, 2.05) is 49.5 Å². The number of anilines is 1. The Kier molecular flexibility index (Phi) is 3.65. The maximum atomic E-state index is 11.5. The Balaban J connectivity index is 1.66. The summed E-state index contributed by atoms with van der Waals surface area (Å²) >= 11 is 0. The molecule has 5 rings (SSSR count). The fourth-order valence-corrected chi connectivity index (χ4v) is 3.33. The molecule has 0 aliphatic rings. The van der Waals surface area contributed by atoms with Gasteiger partial charge < -0.3 is 15.3 Å². The van der Waals surface area contributed by atoms with E-state index in [4.69, 9.17) is 4.98 Å². The van der Waals surface area contributed by atoms with Crippen molar-refractivity contribution < 1.29 is 0 Å². The highest BCUT2D eigenvalue weighted by molar-refractivity contribution is 5.94. The van der Waals surface area contributed by atoms with Crippen molar-refractivity contribution in [2.75, 3.05) is 12.4 Å². The number of pyridine rings is 1. The van der Waals surface area contributed by atoms with Gasteiger partial charge in [0, 0.05) is 30.4 Å². The molecular formula is C21H16N6O. The molecule has 28 heavy (non-hydrogen) atoms. The van der Waals surface area contributed by atoms with Crippen molar-refractivity contribution in [2.24, 2.45) is 0 Å². The predicted octanol–water partition coefficient (Wildman–Crippen LogP) is 3.57. The number of aromatic nitrogens is 5. The molecular weight excluding hydrogens is 352 g/mol. The molecule has 3 heterocycles. The van der Waals surface area contributed by atoms with Gasteiger partial charge in [-0.3, -0.25) is 4.98 Å². The number of fused-ring (bicyclic) bond motifs is 2. The van der Waals surface area contributed by atoms with Crippen molar-refractivity contribution in [1.82, 2.24) is 24.9 Å². The van der Waals surface area contributed by atoms with Gasteiger partial charge in [-0.05, 0) is 47.5 Å². The van der Waals surface area contributed by atoms with Gasteiger partial charge in [0.15, 0.2) is 5.82 Å². The molecule has 7 heteroatoms. The summed E-state index contributed by atoms with van der Waals surface area (Å²) < 4.78 is 0. The smallest absolute Gasteiger partial charge is 0.323 e. The summed E-state index contributed by atoms with van der Waals surface area (Å²) in [6.45, 7) is 0. The molecule has 0 atom stereocenters. The molecule has 7 nitrogen and oxygen atoms in total. The largest absolute Gasteiger partial charge is 0.373 e. The van der Waals surface area contributed by atoms with Crippen LogP contribution in [0.3, 0.4) is 0 Å². The van der Waals surface area contributed by atoms with Crippen LogP contribution in [0.25, 0.3) is 44.5 Å². The number of hydrogen-bond acceptors (Lipinski definition) is 5. The molecule has 0 bridgehead atoms. The molecule has 3 N–H and O–H groups in total. The van der Waals surface area contributed by atoms with Crippen molar-refractivity contribution >= 4 is 27.8 Å². The van der Waals surface area contributed by atoms with E-state index in [1.165, 1.54) is 0 Å². The minimum Gasteiger partial charge on any atom is -0.373 e. The number of H-pyrrole nitrogens is 2. The zero-order chi connectivity index (χ0) is 19.1. The summed E-state index contributed by atoms with van der Waals surface area (Å²) in [4.78, 5) is 30.6. The number of benzene rings is 2. The second-order valence-electron chi connectivity index (χ2n) is 6.46. The summed E-state index contributed by atoms with van der Waals surface area (Å²) in [5, 5.41) is 4.09. The lowest BCUT2D eigenvalue weighted by atomic mass is 10.0. The Morgan fingerprint density at radius 1 is 0.893 bits per heavy atom. The van der Waals surface area contributed by atoms with Crippen LogP contribution in [0.5, 0.6) is 0 Å². The third-order valence-electron chi connectivity index (χ3n) is 4.70. The quantitative estimate of drug-likeness (QED) is 0.452. The minimum atomic E-state index is -0.209. The number of nitrogens with zero attached hydrogens (tertiary/aromatic N) is 3. The Labute approximate surface area is 159 Å². The zero-order valence-corrected chi connectivity index (χ0v) is 15.0. The molecule has 2 aromatic carbocycles. The molecule has 3 aromatic heterocycles. The van der Waals surface area contributed by atoms with Crippen LogP contribution in [0, 0.1) is 0 Å². The van der Waals surface area contributed by atoms with E-state index in [0.717, 1.165) is 44.4 Å². The van der Waals surface area contributed by atoms with Gasteiger partial charge in [-0.2, -0.15) is 0 Å². The summed E-state index contributed by atoms with van der Waals surface area (Å²) in [5.74, 6) is 1.38. The highest BCUT2D eigenvalue weighted by Gasteiger charge is 2.11. The Bertz CT molecular complexity index is 1370. The van der Waals surface area contributed by atoms with Crippen LogP contribution in [-0.4, -0.2) is 32.0 Å². The number of imidazole rings is 1. The molecule has 0 radical (unpaired) electrons. The van der Waals surface area contributed by atoms with Crippen molar-refractivity contribution in [3.8, 4) is 22.5 Å². The third-order valence-corrected chi connectivity index (χ3v) is 4.70. The van der Waals surface area contributed by atoms with Crippen LogP contribution in [0.15, 0.2) is 65.7 Å². The van der Waals surface area contributed by atoms with E-state index < -0.39 is 0 Å². The SMILES string of the molecule is CNc1nc(-c2cccnc2)nc2ccc(-c3ccc4[nH]c(=O)[nH]c4c3)cc12. The fraction of sp³-hybridized carbons (Fsp3) is 0.0476. The average Bonchev–Trinajstić information content (AvgIpc) is 3.12. The first-order valence-corrected chi connectivity index (χ1v) is 8.84. The zero-order valence-electron chi connectivity index (χ0n) is 15.0. The van der Waals surface area contributed by atoms with Crippen LogP contribution in [0.4, 0.5) is 5.82 Å². The first-order chi connectivity index (χ1) is 13.7. The maximum absolute atomic E-state index is 11.5. The number of nitrogens with one attached hydrogen (secondary N) is 3. The van der Waals surface area contributed by atoms with Crippen LogP contribution in [0.2, 0.25) is 0 Å². The molecule has 0 unspecified atom stereocenters. The lowest BCUT2D eigenvalue weighted by Gasteiger charge is -2.10. The first kappa shape index (κ1) is 16.2. The number of aromatic amines is 2. The standard InChI is InChI=1S/C21H16N6O/c1-22-20-15-9-12(13-5-7-17-18(10-13)26-21(28)25-17)4-6-16(15)24-19(27-20)14-3-2-8-23-11-14/h2-11H,1H3,(H,22,24,27)(H2,25,26,28). The summed E-state index contributed by atoms with van der Waals surface area (Å²) in [6, 6.07) is 15.7. The molecule has 0 amide bonds. The van der Waals surface area contributed by atoms with Gasteiger partial charge in [-0.25, -0.2) is 14.8 Å². The molecule has 136 valence electrons. The van der Waals surface area contributed by atoms with Crippen molar-refractivity contribution in [2.45, 2.75) is 0 Å². The molecule has 0 spiro atoms. The Morgan fingerprint density at radius 3 is 2.54 bits per heavy atom. The van der Waals surface area contributed by atoms with E-state index >= 15 is 0 Å². The normalized spacial score (nSPS) is 11.2. The summed E-state index contributed by atoms with van der Waals surface area (Å²) in [5.41, 5.74) is 5.09. The highest BCUT2D eigenvalue weighted by atomic mass is 16.1. The monoisotopic (exact) mass is 368 g/mol. The number of hydrogen-bond donors (Lipinski definition) is 3. The topological polar surface area (TPSA) is 99.3 Å². The summed E-state index contributed by atoms with van der Waals surface area (Å²) in [6.07, 6.45) is 3.48. The van der Waals surface area contributed by atoms with E-state index in [0.29, 0.717) is 5.82 Å². The Morgan fingerprint density at radius 2 is 1.71 bits per heavy atom. The molecule has 0 aliphatic heterocycles. The second-order valence-corrected chi connectivity index (χ2v) is 6.46. The van der Waals surface area contributed by atoms with Crippen LogP contribution < -0.4 is 11.0 Å². The molecule has 0 saturated carbocycles. The van der Waals surface area contributed by atoms with Crippen molar-refractivity contribution in [1.29, 1.82) is 0 Å². The lowest BCUT2D eigenvalue weighted by Crippen LogP contribution is -1.99. The van der Waals surface area contributed by atoms with Crippen LogP contribution >= 0.6 is 0 Å². The predicted molar refractivity (Wildman–Crippen MR) is 110 cm³/mol. The van der Waals surface area contributed by atoms with E-state index in [2.05, 4.69) is 31.3 Å². The summed E-state index contributed by atoms with van der Waals surface area (Å²) in [7, 11) is 1.85. The molecule has 0 aliphatic carbocycles. The van der Waals surface area contributed by atoms with E-state index in [-0.39, 0.29) is 5.69 Å². The van der Waals surface area contributed by atoms with Gasteiger partial charge in [-0.15, -0.1) is 0 Å². The maximum Gasteiger partial charge on any atom is 0.323 e. The third kappa shape index (κ3) is 2.69. The number of rotatable bonds is 3. The van der Waals surface area contributed by atoms with Crippen molar-refractivity contribution in [3.05, 3.63) is 71.4 Å².